The van der Waals surface area contributed by atoms with Crippen LogP contribution in [0.15, 0.2) is 66.7 Å². The number of halogens is 2. The highest BCUT2D eigenvalue weighted by molar-refractivity contribution is 6.30. The van der Waals surface area contributed by atoms with Crippen molar-refractivity contribution in [2.24, 2.45) is 0 Å². The van der Waals surface area contributed by atoms with E-state index in [1.807, 2.05) is 49.4 Å². The van der Waals surface area contributed by atoms with Crippen LogP contribution in [0.4, 0.5) is 5.69 Å². The molecular formula is C21H17Cl2N3O. The molecule has 0 aliphatic rings. The second-order valence-corrected chi connectivity index (χ2v) is 6.53. The largest absolute Gasteiger partial charge is 0.338 e. The van der Waals surface area contributed by atoms with E-state index in [0.29, 0.717) is 10.6 Å². The average molecular weight is 398 g/mol. The number of nitrogens with one attached hydrogen (secondary N) is 2. The minimum atomic E-state index is -0.175. The van der Waals surface area contributed by atoms with Gasteiger partial charge in [0.05, 0.1) is 11.0 Å². The van der Waals surface area contributed by atoms with Gasteiger partial charge < -0.3 is 10.3 Å². The molecule has 0 aliphatic carbocycles. The summed E-state index contributed by atoms with van der Waals surface area (Å²) in [6, 6.07) is 20.6. The molecule has 0 saturated carbocycles. The molecule has 1 heterocycles. The van der Waals surface area contributed by atoms with E-state index >= 15 is 0 Å². The van der Waals surface area contributed by atoms with Crippen LogP contribution in [0, 0.1) is 6.92 Å². The summed E-state index contributed by atoms with van der Waals surface area (Å²) in [7, 11) is 0. The van der Waals surface area contributed by atoms with Gasteiger partial charge >= 0.3 is 0 Å². The van der Waals surface area contributed by atoms with Crippen LogP contribution >= 0.6 is 24.0 Å². The number of amides is 1. The Hall–Kier alpha value is -2.82. The Morgan fingerprint density at radius 2 is 1.78 bits per heavy atom. The molecule has 4 aromatic rings. The molecule has 1 amide bonds. The number of carbonyl (C=O) groups excluding carboxylic acids is 1. The molecule has 1 aromatic heterocycles. The van der Waals surface area contributed by atoms with Crippen molar-refractivity contribution in [1.82, 2.24) is 9.97 Å². The summed E-state index contributed by atoms with van der Waals surface area (Å²) in [4.78, 5) is 20.4. The number of anilines is 1. The highest BCUT2D eigenvalue weighted by Crippen LogP contribution is 2.26. The van der Waals surface area contributed by atoms with E-state index < -0.39 is 0 Å². The van der Waals surface area contributed by atoms with E-state index in [-0.39, 0.29) is 18.3 Å². The number of aromatic nitrogens is 2. The number of imidazole rings is 1. The summed E-state index contributed by atoms with van der Waals surface area (Å²) in [5.74, 6) is 0.597. The predicted octanol–water partition coefficient (Wildman–Crippen LogP) is 5.87. The fourth-order valence-electron chi connectivity index (χ4n) is 2.79. The zero-order valence-electron chi connectivity index (χ0n) is 14.5. The summed E-state index contributed by atoms with van der Waals surface area (Å²) in [5, 5.41) is 3.57. The summed E-state index contributed by atoms with van der Waals surface area (Å²) < 4.78 is 0. The van der Waals surface area contributed by atoms with Crippen LogP contribution in [-0.4, -0.2) is 15.9 Å². The maximum atomic E-state index is 12.5. The van der Waals surface area contributed by atoms with Crippen molar-refractivity contribution in [2.75, 3.05) is 5.32 Å². The standard InChI is InChI=1S/C21H16ClN3O.ClH/c1-13-6-7-15(20-23-17-4-2-3-5-18(17)24-20)12-19(13)25-21(26)14-8-10-16(22)11-9-14;/h2-12H,1H3,(H,23,24)(H,25,26);1H. The van der Waals surface area contributed by atoms with Gasteiger partial charge in [0.25, 0.3) is 5.91 Å². The molecular weight excluding hydrogens is 381 g/mol. The van der Waals surface area contributed by atoms with Crippen LogP contribution in [0.3, 0.4) is 0 Å². The Balaban J connectivity index is 0.00000210. The van der Waals surface area contributed by atoms with E-state index in [2.05, 4.69) is 15.3 Å². The molecule has 0 saturated heterocycles. The lowest BCUT2D eigenvalue weighted by Gasteiger charge is -2.10. The van der Waals surface area contributed by atoms with Gasteiger partial charge in [-0.05, 0) is 55.0 Å². The van der Waals surface area contributed by atoms with Crippen LogP contribution in [-0.2, 0) is 0 Å². The molecule has 0 spiro atoms. The number of H-pyrrole nitrogens is 1. The fourth-order valence-corrected chi connectivity index (χ4v) is 2.92. The lowest BCUT2D eigenvalue weighted by molar-refractivity contribution is 0.102. The van der Waals surface area contributed by atoms with Gasteiger partial charge in [-0.2, -0.15) is 0 Å². The molecule has 0 radical (unpaired) electrons. The maximum Gasteiger partial charge on any atom is 0.255 e. The third-order valence-electron chi connectivity index (χ3n) is 4.25. The van der Waals surface area contributed by atoms with Gasteiger partial charge in [0.15, 0.2) is 0 Å². The van der Waals surface area contributed by atoms with Gasteiger partial charge in [-0.15, -0.1) is 12.4 Å². The van der Waals surface area contributed by atoms with Crippen LogP contribution < -0.4 is 5.32 Å². The Bertz CT molecular complexity index is 1070. The van der Waals surface area contributed by atoms with E-state index in [0.717, 1.165) is 33.7 Å². The first-order valence-electron chi connectivity index (χ1n) is 8.23. The van der Waals surface area contributed by atoms with Gasteiger partial charge in [0.1, 0.15) is 5.82 Å². The number of hydrogen-bond donors (Lipinski definition) is 2. The number of aromatic amines is 1. The average Bonchev–Trinajstić information content (AvgIpc) is 3.08. The van der Waals surface area contributed by atoms with E-state index in [4.69, 9.17) is 11.6 Å². The number of carbonyl (C=O) groups is 1. The zero-order valence-corrected chi connectivity index (χ0v) is 16.1. The van der Waals surface area contributed by atoms with Crippen molar-refractivity contribution in [3.63, 3.8) is 0 Å². The molecule has 0 aliphatic heterocycles. The molecule has 6 heteroatoms. The van der Waals surface area contributed by atoms with Crippen molar-refractivity contribution < 1.29 is 4.79 Å². The number of nitrogens with zero attached hydrogens (tertiary/aromatic N) is 1. The normalized spacial score (nSPS) is 10.4. The maximum absolute atomic E-state index is 12.5. The monoisotopic (exact) mass is 397 g/mol. The lowest BCUT2D eigenvalue weighted by Crippen LogP contribution is -2.12. The predicted molar refractivity (Wildman–Crippen MR) is 113 cm³/mol. The van der Waals surface area contributed by atoms with Crippen molar-refractivity contribution in [1.29, 1.82) is 0 Å². The van der Waals surface area contributed by atoms with Crippen molar-refractivity contribution in [3.05, 3.63) is 82.9 Å². The first-order valence-corrected chi connectivity index (χ1v) is 8.61. The van der Waals surface area contributed by atoms with Gasteiger partial charge in [-0.25, -0.2) is 4.98 Å². The van der Waals surface area contributed by atoms with E-state index in [1.165, 1.54) is 0 Å². The third-order valence-corrected chi connectivity index (χ3v) is 4.51. The topological polar surface area (TPSA) is 57.8 Å². The van der Waals surface area contributed by atoms with Gasteiger partial charge in [0.2, 0.25) is 0 Å². The summed E-state index contributed by atoms with van der Waals surface area (Å²) in [5.41, 5.74) is 5.10. The SMILES string of the molecule is Cc1ccc(-c2nc3ccccc3[nH]2)cc1NC(=O)c1ccc(Cl)cc1.Cl. The highest BCUT2D eigenvalue weighted by Gasteiger charge is 2.11. The Morgan fingerprint density at radius 3 is 2.52 bits per heavy atom. The van der Waals surface area contributed by atoms with Crippen LogP contribution in [0.25, 0.3) is 22.4 Å². The number of fused-ring (bicyclic) bond motifs is 1. The van der Waals surface area contributed by atoms with Gasteiger partial charge in [-0.1, -0.05) is 35.9 Å². The minimum Gasteiger partial charge on any atom is -0.338 e. The van der Waals surface area contributed by atoms with E-state index in [1.54, 1.807) is 24.3 Å². The van der Waals surface area contributed by atoms with E-state index in [9.17, 15) is 4.79 Å². The first-order chi connectivity index (χ1) is 12.6. The van der Waals surface area contributed by atoms with Gasteiger partial charge in [-0.3, -0.25) is 4.79 Å². The fraction of sp³-hybridized carbons (Fsp3) is 0.0476. The number of hydrogen-bond acceptors (Lipinski definition) is 2. The van der Waals surface area contributed by atoms with Crippen LogP contribution in [0.5, 0.6) is 0 Å². The Labute approximate surface area is 168 Å². The molecule has 0 fully saturated rings. The summed E-state index contributed by atoms with van der Waals surface area (Å²) >= 11 is 5.88. The molecule has 27 heavy (non-hydrogen) atoms. The molecule has 0 atom stereocenters. The number of aryl methyl sites for hydroxylation is 1. The van der Waals surface area contributed by atoms with Crippen molar-refractivity contribution >= 4 is 46.6 Å². The smallest absolute Gasteiger partial charge is 0.255 e. The minimum absolute atomic E-state index is 0. The molecule has 3 aromatic carbocycles. The first kappa shape index (κ1) is 19.0. The number of rotatable bonds is 3. The van der Waals surface area contributed by atoms with Crippen molar-refractivity contribution in [2.45, 2.75) is 6.92 Å². The Morgan fingerprint density at radius 1 is 1.04 bits per heavy atom. The second kappa shape index (κ2) is 7.82. The molecule has 4 nitrogen and oxygen atoms in total. The third kappa shape index (κ3) is 3.97. The van der Waals surface area contributed by atoms with Gasteiger partial charge in [0, 0.05) is 21.8 Å². The Kier molecular flexibility index (Phi) is 5.49. The summed E-state index contributed by atoms with van der Waals surface area (Å²) in [6.45, 7) is 1.96. The van der Waals surface area contributed by atoms with Crippen LogP contribution in [0.1, 0.15) is 15.9 Å². The molecule has 0 bridgehead atoms. The molecule has 2 N–H and O–H groups in total. The summed E-state index contributed by atoms with van der Waals surface area (Å²) in [6.07, 6.45) is 0. The van der Waals surface area contributed by atoms with Crippen molar-refractivity contribution in [3.8, 4) is 11.4 Å². The molecule has 4 rings (SSSR count). The quantitative estimate of drug-likeness (QED) is 0.454. The zero-order chi connectivity index (χ0) is 18.1. The lowest BCUT2D eigenvalue weighted by atomic mass is 10.1. The number of para-hydroxylation sites is 2. The highest BCUT2D eigenvalue weighted by atomic mass is 35.5. The molecule has 0 unspecified atom stereocenters. The van der Waals surface area contributed by atoms with Crippen LogP contribution in [0.2, 0.25) is 5.02 Å². The second-order valence-electron chi connectivity index (χ2n) is 6.09. The number of benzene rings is 3. The molecule has 136 valence electrons.